The van der Waals surface area contributed by atoms with E-state index in [2.05, 4.69) is 14.9 Å². The Morgan fingerprint density at radius 3 is 2.53 bits per heavy atom. The maximum Gasteiger partial charge on any atom is 0.212 e. The average Bonchev–Trinajstić information content (AvgIpc) is 2.36. The largest absolute Gasteiger partial charge is 0.375 e. The second kappa shape index (κ2) is 7.54. The second-order valence-electron chi connectivity index (χ2n) is 5.42. The van der Waals surface area contributed by atoms with Crippen molar-refractivity contribution >= 4 is 10.0 Å². The SMILES string of the molecule is CCOC(C)(C)CNS(=O)(=O)CCN1CCNCC1. The van der Waals surface area contributed by atoms with E-state index < -0.39 is 15.6 Å². The molecule has 0 spiro atoms. The molecule has 0 aromatic rings. The van der Waals surface area contributed by atoms with Crippen molar-refractivity contribution in [3.05, 3.63) is 0 Å². The van der Waals surface area contributed by atoms with Crippen LogP contribution in [0.25, 0.3) is 0 Å². The lowest BCUT2D eigenvalue weighted by molar-refractivity contribution is -0.00515. The lowest BCUT2D eigenvalue weighted by atomic mass is 10.1. The highest BCUT2D eigenvalue weighted by Crippen LogP contribution is 2.07. The van der Waals surface area contributed by atoms with Gasteiger partial charge in [-0.2, -0.15) is 0 Å². The lowest BCUT2D eigenvalue weighted by Crippen LogP contribution is -2.47. The summed E-state index contributed by atoms with van der Waals surface area (Å²) in [6.07, 6.45) is 0. The first kappa shape index (κ1) is 16.8. The predicted molar refractivity (Wildman–Crippen MR) is 76.8 cm³/mol. The average molecular weight is 293 g/mol. The zero-order valence-electron chi connectivity index (χ0n) is 12.2. The van der Waals surface area contributed by atoms with E-state index in [0.717, 1.165) is 26.2 Å². The summed E-state index contributed by atoms with van der Waals surface area (Å²) in [4.78, 5) is 2.17. The lowest BCUT2D eigenvalue weighted by Gasteiger charge is -2.28. The van der Waals surface area contributed by atoms with Crippen molar-refractivity contribution in [3.8, 4) is 0 Å². The van der Waals surface area contributed by atoms with Crippen LogP contribution in [0.15, 0.2) is 0 Å². The molecule has 1 aliphatic rings. The number of piperazine rings is 1. The van der Waals surface area contributed by atoms with Gasteiger partial charge in [0.05, 0.1) is 11.4 Å². The summed E-state index contributed by atoms with van der Waals surface area (Å²) in [7, 11) is -3.22. The van der Waals surface area contributed by atoms with Gasteiger partial charge < -0.3 is 10.1 Å². The fourth-order valence-electron chi connectivity index (χ4n) is 1.98. The number of hydrogen-bond donors (Lipinski definition) is 2. The molecule has 19 heavy (non-hydrogen) atoms. The number of sulfonamides is 1. The maximum atomic E-state index is 11.9. The molecule has 6 nitrogen and oxygen atoms in total. The Bertz CT molecular complexity index is 351. The number of nitrogens with one attached hydrogen (secondary N) is 2. The third-order valence-electron chi connectivity index (χ3n) is 3.14. The fraction of sp³-hybridized carbons (Fsp3) is 1.00. The summed E-state index contributed by atoms with van der Waals surface area (Å²) in [5.41, 5.74) is -0.461. The van der Waals surface area contributed by atoms with E-state index in [9.17, 15) is 8.42 Å². The molecule has 1 aliphatic heterocycles. The highest BCUT2D eigenvalue weighted by atomic mass is 32.2. The standard InChI is InChI=1S/C12H27N3O3S/c1-4-18-12(2,3)11-14-19(16,17)10-9-15-7-5-13-6-8-15/h13-14H,4-11H2,1-3H3. The summed E-state index contributed by atoms with van der Waals surface area (Å²) >= 11 is 0. The van der Waals surface area contributed by atoms with E-state index in [1.807, 2.05) is 20.8 Å². The molecule has 0 saturated carbocycles. The molecule has 0 bridgehead atoms. The predicted octanol–water partition coefficient (Wildman–Crippen LogP) is -0.374. The molecule has 0 aliphatic carbocycles. The van der Waals surface area contributed by atoms with Gasteiger partial charge in [0.1, 0.15) is 0 Å². The minimum Gasteiger partial charge on any atom is -0.375 e. The van der Waals surface area contributed by atoms with Crippen LogP contribution in [0.2, 0.25) is 0 Å². The van der Waals surface area contributed by atoms with Gasteiger partial charge >= 0.3 is 0 Å². The first-order valence-corrected chi connectivity index (χ1v) is 8.54. The molecule has 1 saturated heterocycles. The molecule has 2 N–H and O–H groups in total. The molecule has 7 heteroatoms. The van der Waals surface area contributed by atoms with Gasteiger partial charge in [0.15, 0.2) is 0 Å². The van der Waals surface area contributed by atoms with Crippen molar-refractivity contribution in [1.29, 1.82) is 0 Å². The fourth-order valence-corrected chi connectivity index (χ4v) is 3.19. The molecule has 114 valence electrons. The zero-order valence-corrected chi connectivity index (χ0v) is 13.1. The van der Waals surface area contributed by atoms with Gasteiger partial charge in [-0.05, 0) is 20.8 Å². The first-order valence-electron chi connectivity index (χ1n) is 6.89. The molecule has 0 radical (unpaired) electrons. The Hall–Kier alpha value is -0.210. The Kier molecular flexibility index (Phi) is 6.68. The van der Waals surface area contributed by atoms with Crippen molar-refractivity contribution in [2.45, 2.75) is 26.4 Å². The summed E-state index contributed by atoms with van der Waals surface area (Å²) < 4.78 is 31.9. The summed E-state index contributed by atoms with van der Waals surface area (Å²) in [6.45, 7) is 10.9. The van der Waals surface area contributed by atoms with E-state index in [-0.39, 0.29) is 5.75 Å². The smallest absolute Gasteiger partial charge is 0.212 e. The molecular formula is C12H27N3O3S. The normalized spacial score (nSPS) is 18.7. The van der Waals surface area contributed by atoms with Crippen LogP contribution in [0.3, 0.4) is 0 Å². The highest BCUT2D eigenvalue weighted by Gasteiger charge is 2.22. The van der Waals surface area contributed by atoms with Crippen molar-refractivity contribution in [3.63, 3.8) is 0 Å². The van der Waals surface area contributed by atoms with E-state index in [4.69, 9.17) is 4.74 Å². The van der Waals surface area contributed by atoms with Crippen LogP contribution in [-0.4, -0.2) is 70.5 Å². The molecular weight excluding hydrogens is 266 g/mol. The van der Waals surface area contributed by atoms with Crippen LogP contribution in [-0.2, 0) is 14.8 Å². The third kappa shape index (κ3) is 7.22. The van der Waals surface area contributed by atoms with E-state index in [0.29, 0.717) is 19.7 Å². The number of nitrogens with zero attached hydrogens (tertiary/aromatic N) is 1. The quantitative estimate of drug-likeness (QED) is 0.639. The van der Waals surface area contributed by atoms with E-state index in [1.54, 1.807) is 0 Å². The molecule has 0 aromatic heterocycles. The Morgan fingerprint density at radius 2 is 1.95 bits per heavy atom. The van der Waals surface area contributed by atoms with Gasteiger partial charge in [-0.1, -0.05) is 0 Å². The van der Waals surface area contributed by atoms with Crippen LogP contribution in [0.5, 0.6) is 0 Å². The monoisotopic (exact) mass is 293 g/mol. The number of rotatable bonds is 8. The molecule has 0 unspecified atom stereocenters. The molecule has 0 amide bonds. The third-order valence-corrected chi connectivity index (χ3v) is 4.44. The number of ether oxygens (including phenoxy) is 1. The van der Waals surface area contributed by atoms with Crippen molar-refractivity contribution in [2.24, 2.45) is 0 Å². The van der Waals surface area contributed by atoms with Crippen molar-refractivity contribution < 1.29 is 13.2 Å². The van der Waals surface area contributed by atoms with E-state index in [1.165, 1.54) is 0 Å². The summed E-state index contributed by atoms with van der Waals surface area (Å²) in [5.74, 6) is 0.148. The second-order valence-corrected chi connectivity index (χ2v) is 7.35. The molecule has 1 rings (SSSR count). The Balaban J connectivity index is 2.31. The topological polar surface area (TPSA) is 70.7 Å². The van der Waals surface area contributed by atoms with Gasteiger partial charge in [0.25, 0.3) is 0 Å². The summed E-state index contributed by atoms with van der Waals surface area (Å²) in [5, 5.41) is 3.25. The maximum absolute atomic E-state index is 11.9. The highest BCUT2D eigenvalue weighted by molar-refractivity contribution is 7.89. The Morgan fingerprint density at radius 1 is 1.32 bits per heavy atom. The minimum absolute atomic E-state index is 0.148. The zero-order chi connectivity index (χ0) is 14.4. The van der Waals surface area contributed by atoms with Gasteiger partial charge in [0, 0.05) is 45.9 Å². The molecule has 0 atom stereocenters. The van der Waals surface area contributed by atoms with Gasteiger partial charge in [-0.3, -0.25) is 4.90 Å². The van der Waals surface area contributed by atoms with E-state index >= 15 is 0 Å². The van der Waals surface area contributed by atoms with Crippen molar-refractivity contribution in [1.82, 2.24) is 14.9 Å². The molecule has 1 fully saturated rings. The van der Waals surface area contributed by atoms with Crippen LogP contribution in [0, 0.1) is 0 Å². The number of hydrogen-bond acceptors (Lipinski definition) is 5. The van der Waals surface area contributed by atoms with Gasteiger partial charge in [-0.15, -0.1) is 0 Å². The minimum atomic E-state index is -3.22. The molecule has 0 aromatic carbocycles. The summed E-state index contributed by atoms with van der Waals surface area (Å²) in [6, 6.07) is 0. The van der Waals surface area contributed by atoms with Crippen molar-refractivity contribution in [2.75, 3.05) is 51.6 Å². The van der Waals surface area contributed by atoms with Crippen LogP contribution in [0.1, 0.15) is 20.8 Å². The first-order chi connectivity index (χ1) is 8.85. The molecule has 1 heterocycles. The van der Waals surface area contributed by atoms with Crippen LogP contribution >= 0.6 is 0 Å². The van der Waals surface area contributed by atoms with Gasteiger partial charge in [0.2, 0.25) is 10.0 Å². The van der Waals surface area contributed by atoms with Crippen LogP contribution in [0.4, 0.5) is 0 Å². The Labute approximate surface area is 116 Å². The van der Waals surface area contributed by atoms with Gasteiger partial charge in [-0.25, -0.2) is 13.1 Å². The van der Waals surface area contributed by atoms with Crippen LogP contribution < -0.4 is 10.0 Å².